The average Bonchev–Trinajstić information content (AvgIpc) is 3.37. The van der Waals surface area contributed by atoms with E-state index in [1.165, 1.54) is 22.8 Å². The molecule has 2 saturated heterocycles. The highest BCUT2D eigenvalue weighted by Crippen LogP contribution is 2.35. The Morgan fingerprint density at radius 2 is 2.15 bits per heavy atom. The standard InChI is InChI=1S/C18H20N6O2S/c1-12-21-18(27-22-12)23-6-3-13(4-7-23)17(25)24-16(5-8-26-24)14-9-15(19-2)11-20-10-14/h9-11,13,16H,3-8H2,1H3/t16-/m0/s1. The van der Waals surface area contributed by atoms with Crippen molar-refractivity contribution in [2.24, 2.45) is 5.92 Å². The van der Waals surface area contributed by atoms with Crippen LogP contribution in [0.25, 0.3) is 4.85 Å². The van der Waals surface area contributed by atoms with Crippen molar-refractivity contribution in [3.63, 3.8) is 0 Å². The number of hydrogen-bond donors (Lipinski definition) is 0. The van der Waals surface area contributed by atoms with Crippen LogP contribution in [0.15, 0.2) is 18.5 Å². The maximum Gasteiger partial charge on any atom is 0.249 e. The van der Waals surface area contributed by atoms with Crippen molar-refractivity contribution >= 4 is 28.3 Å². The summed E-state index contributed by atoms with van der Waals surface area (Å²) in [6.45, 7) is 11.1. The van der Waals surface area contributed by atoms with Crippen LogP contribution in [0.3, 0.4) is 0 Å². The number of nitrogens with zero attached hydrogens (tertiary/aromatic N) is 6. The van der Waals surface area contributed by atoms with Gasteiger partial charge in [0.05, 0.1) is 19.2 Å². The summed E-state index contributed by atoms with van der Waals surface area (Å²) in [6.07, 6.45) is 5.50. The molecule has 2 aromatic heterocycles. The number of carbonyl (C=O) groups is 1. The number of pyridine rings is 1. The van der Waals surface area contributed by atoms with Crippen molar-refractivity contribution in [1.29, 1.82) is 0 Å². The fraction of sp³-hybridized carbons (Fsp3) is 0.500. The first-order chi connectivity index (χ1) is 13.2. The first kappa shape index (κ1) is 17.8. The molecular formula is C18H20N6O2S. The number of amides is 1. The van der Waals surface area contributed by atoms with Gasteiger partial charge in [0.1, 0.15) is 5.82 Å². The van der Waals surface area contributed by atoms with Crippen LogP contribution in [0.4, 0.5) is 10.8 Å². The van der Waals surface area contributed by atoms with E-state index < -0.39 is 0 Å². The molecule has 8 nitrogen and oxygen atoms in total. The van der Waals surface area contributed by atoms with E-state index >= 15 is 0 Å². The van der Waals surface area contributed by atoms with Crippen LogP contribution in [0, 0.1) is 19.4 Å². The van der Waals surface area contributed by atoms with Crippen LogP contribution in [0.1, 0.15) is 36.7 Å². The van der Waals surface area contributed by atoms with Crippen LogP contribution < -0.4 is 4.90 Å². The summed E-state index contributed by atoms with van der Waals surface area (Å²) < 4.78 is 4.23. The molecule has 9 heteroatoms. The van der Waals surface area contributed by atoms with E-state index in [0.29, 0.717) is 12.3 Å². The van der Waals surface area contributed by atoms with Gasteiger partial charge in [0.25, 0.3) is 0 Å². The summed E-state index contributed by atoms with van der Waals surface area (Å²) in [5.41, 5.74) is 1.34. The number of aryl methyl sites for hydroxylation is 1. The van der Waals surface area contributed by atoms with Gasteiger partial charge in [-0.2, -0.15) is 4.37 Å². The van der Waals surface area contributed by atoms with E-state index in [-0.39, 0.29) is 17.9 Å². The minimum atomic E-state index is -0.171. The lowest BCUT2D eigenvalue weighted by molar-refractivity contribution is -0.182. The molecule has 2 aromatic rings. The first-order valence-corrected chi connectivity index (χ1v) is 9.76. The van der Waals surface area contributed by atoms with Crippen LogP contribution in [-0.2, 0) is 9.63 Å². The zero-order valence-electron chi connectivity index (χ0n) is 15.0. The zero-order chi connectivity index (χ0) is 18.8. The van der Waals surface area contributed by atoms with Gasteiger partial charge in [0, 0.05) is 49.4 Å². The highest BCUT2D eigenvalue weighted by molar-refractivity contribution is 7.09. The molecule has 0 bridgehead atoms. The van der Waals surface area contributed by atoms with E-state index in [4.69, 9.17) is 11.4 Å². The third kappa shape index (κ3) is 3.63. The first-order valence-electron chi connectivity index (χ1n) is 8.99. The van der Waals surface area contributed by atoms with Crippen LogP contribution in [-0.4, -0.2) is 45.0 Å². The molecule has 2 aliphatic heterocycles. The molecule has 0 saturated carbocycles. The highest BCUT2D eigenvalue weighted by Gasteiger charge is 2.37. The van der Waals surface area contributed by atoms with Crippen LogP contribution in [0.5, 0.6) is 0 Å². The Morgan fingerprint density at radius 1 is 1.33 bits per heavy atom. The molecular weight excluding hydrogens is 364 g/mol. The van der Waals surface area contributed by atoms with Gasteiger partial charge in [0.15, 0.2) is 0 Å². The molecule has 0 aromatic carbocycles. The summed E-state index contributed by atoms with van der Waals surface area (Å²) in [5.74, 6) is 0.753. The predicted octanol–water partition coefficient (Wildman–Crippen LogP) is 2.91. The summed E-state index contributed by atoms with van der Waals surface area (Å²) in [4.78, 5) is 32.9. The van der Waals surface area contributed by atoms with Crippen LogP contribution in [0.2, 0.25) is 0 Å². The number of piperidine rings is 1. The molecule has 0 spiro atoms. The van der Waals surface area contributed by atoms with Crippen molar-refractivity contribution in [3.8, 4) is 0 Å². The normalized spacial score (nSPS) is 20.7. The van der Waals surface area contributed by atoms with E-state index in [0.717, 1.165) is 48.9 Å². The lowest BCUT2D eigenvalue weighted by Gasteiger charge is -2.33. The van der Waals surface area contributed by atoms with Crippen molar-refractivity contribution in [1.82, 2.24) is 19.4 Å². The smallest absolute Gasteiger partial charge is 0.249 e. The molecule has 0 unspecified atom stereocenters. The van der Waals surface area contributed by atoms with Gasteiger partial charge in [-0.15, -0.1) is 0 Å². The minimum Gasteiger partial charge on any atom is -0.347 e. The summed E-state index contributed by atoms with van der Waals surface area (Å²) in [6, 6.07) is 1.62. The van der Waals surface area contributed by atoms with Gasteiger partial charge in [-0.3, -0.25) is 14.6 Å². The van der Waals surface area contributed by atoms with Gasteiger partial charge >= 0.3 is 0 Å². The second-order valence-corrected chi connectivity index (χ2v) is 7.51. The van der Waals surface area contributed by atoms with Gasteiger partial charge in [0.2, 0.25) is 16.7 Å². The number of hydrogen-bond acceptors (Lipinski definition) is 7. The molecule has 2 aliphatic rings. The van der Waals surface area contributed by atoms with Crippen molar-refractivity contribution < 1.29 is 9.63 Å². The molecule has 2 fully saturated rings. The number of rotatable bonds is 3. The fourth-order valence-corrected chi connectivity index (χ4v) is 4.32. The summed E-state index contributed by atoms with van der Waals surface area (Å²) >= 11 is 1.41. The van der Waals surface area contributed by atoms with E-state index in [1.54, 1.807) is 12.3 Å². The molecule has 0 N–H and O–H groups in total. The molecule has 1 amide bonds. The number of aromatic nitrogens is 3. The van der Waals surface area contributed by atoms with Gasteiger partial charge < -0.3 is 4.90 Å². The summed E-state index contributed by atoms with van der Waals surface area (Å²) in [5, 5.41) is 2.44. The lowest BCUT2D eigenvalue weighted by Crippen LogP contribution is -2.42. The lowest BCUT2D eigenvalue weighted by atomic mass is 9.95. The maximum absolute atomic E-state index is 13.1. The Morgan fingerprint density at radius 3 is 2.85 bits per heavy atom. The third-order valence-corrected chi connectivity index (χ3v) is 5.88. The van der Waals surface area contributed by atoms with Gasteiger partial charge in [-0.1, -0.05) is 0 Å². The second kappa shape index (κ2) is 7.58. The summed E-state index contributed by atoms with van der Waals surface area (Å²) in [7, 11) is 0. The Hall–Kier alpha value is -2.57. The van der Waals surface area contributed by atoms with Crippen molar-refractivity contribution in [2.75, 3.05) is 24.6 Å². The largest absolute Gasteiger partial charge is 0.347 e. The van der Waals surface area contributed by atoms with E-state index in [2.05, 4.69) is 24.1 Å². The number of anilines is 1. The zero-order valence-corrected chi connectivity index (χ0v) is 15.9. The Kier molecular flexibility index (Phi) is 5.01. The van der Waals surface area contributed by atoms with E-state index in [9.17, 15) is 4.79 Å². The third-order valence-electron chi connectivity index (χ3n) is 5.01. The van der Waals surface area contributed by atoms with Crippen molar-refractivity contribution in [2.45, 2.75) is 32.2 Å². The molecule has 27 heavy (non-hydrogen) atoms. The Balaban J connectivity index is 1.42. The molecule has 4 heterocycles. The SMILES string of the molecule is [C-]#[N+]c1cncc([C@@H]2CCON2C(=O)C2CCN(c3nc(C)ns3)CC2)c1. The topological polar surface area (TPSA) is 75.8 Å². The van der Waals surface area contributed by atoms with Crippen LogP contribution >= 0.6 is 11.5 Å². The van der Waals surface area contributed by atoms with Gasteiger partial charge in [-0.05, 0) is 31.4 Å². The average molecular weight is 384 g/mol. The monoisotopic (exact) mass is 384 g/mol. The minimum absolute atomic E-state index is 0.0267. The maximum atomic E-state index is 13.1. The number of carbonyl (C=O) groups excluding carboxylic acids is 1. The van der Waals surface area contributed by atoms with E-state index in [1.807, 2.05) is 6.92 Å². The Labute approximate surface area is 161 Å². The molecule has 0 radical (unpaired) electrons. The molecule has 140 valence electrons. The number of hydroxylamine groups is 2. The predicted molar refractivity (Wildman–Crippen MR) is 100 cm³/mol. The molecule has 0 aliphatic carbocycles. The second-order valence-electron chi connectivity index (χ2n) is 6.78. The van der Waals surface area contributed by atoms with Crippen molar-refractivity contribution in [3.05, 3.63) is 41.3 Å². The van der Waals surface area contributed by atoms with Gasteiger partial charge in [-0.25, -0.2) is 14.9 Å². The quantitative estimate of drug-likeness (QED) is 0.758. The molecule has 4 rings (SSSR count). The fourth-order valence-electron chi connectivity index (χ4n) is 3.59. The molecule has 1 atom stereocenters. The highest BCUT2D eigenvalue weighted by atomic mass is 32.1. The Bertz CT molecular complexity index is 871.